The van der Waals surface area contributed by atoms with Gasteiger partial charge in [-0.3, -0.25) is 14.9 Å². The number of imidazole rings is 1. The third-order valence-corrected chi connectivity index (χ3v) is 5.35. The second-order valence-electron chi connectivity index (χ2n) is 7.79. The Balaban J connectivity index is 1.52. The van der Waals surface area contributed by atoms with E-state index in [2.05, 4.69) is 25.6 Å². The number of anilines is 2. The van der Waals surface area contributed by atoms with E-state index in [1.54, 1.807) is 16.5 Å². The van der Waals surface area contributed by atoms with Crippen molar-refractivity contribution in [3.63, 3.8) is 0 Å². The Kier molecular flexibility index (Phi) is 6.85. The standard InChI is InChI=1S/C22H26N8O4/c1-3-23-21-25-19(26-22(33)34-13-15-7-5-4-6-8-15)18-20(27-21)30(14-24-18)12-17(32)29-10-9-28(2)16(31)11-29/h4-8,14H,3,9-13H2,1-2H3,(H2,23,25,26,27,33). The third-order valence-electron chi connectivity index (χ3n) is 5.35. The van der Waals surface area contributed by atoms with Gasteiger partial charge in [-0.1, -0.05) is 30.3 Å². The van der Waals surface area contributed by atoms with Crippen LogP contribution in [0.4, 0.5) is 16.6 Å². The molecular formula is C22H26N8O4. The molecule has 1 saturated heterocycles. The Morgan fingerprint density at radius 1 is 1.15 bits per heavy atom. The molecule has 178 valence electrons. The molecule has 12 nitrogen and oxygen atoms in total. The van der Waals surface area contributed by atoms with Crippen LogP contribution < -0.4 is 10.6 Å². The zero-order valence-corrected chi connectivity index (χ0v) is 19.0. The molecule has 0 atom stereocenters. The maximum atomic E-state index is 12.8. The smallest absolute Gasteiger partial charge is 0.413 e. The quantitative estimate of drug-likeness (QED) is 0.532. The molecular weight excluding hydrogens is 440 g/mol. The van der Waals surface area contributed by atoms with Gasteiger partial charge >= 0.3 is 6.09 Å². The number of aromatic nitrogens is 4. The molecule has 1 aromatic carbocycles. The molecule has 0 unspecified atom stereocenters. The van der Waals surface area contributed by atoms with Gasteiger partial charge in [0, 0.05) is 26.7 Å². The van der Waals surface area contributed by atoms with Crippen LogP contribution in [0.2, 0.25) is 0 Å². The number of amides is 3. The first-order valence-corrected chi connectivity index (χ1v) is 10.9. The summed E-state index contributed by atoms with van der Waals surface area (Å²) in [4.78, 5) is 53.4. The van der Waals surface area contributed by atoms with Crippen molar-refractivity contribution in [1.29, 1.82) is 0 Å². The van der Waals surface area contributed by atoms with Crippen molar-refractivity contribution in [2.45, 2.75) is 20.1 Å². The first-order chi connectivity index (χ1) is 16.4. The van der Waals surface area contributed by atoms with Crippen molar-refractivity contribution in [3.05, 3.63) is 42.2 Å². The van der Waals surface area contributed by atoms with Gasteiger partial charge in [-0.25, -0.2) is 9.78 Å². The maximum Gasteiger partial charge on any atom is 0.413 e. The molecule has 0 spiro atoms. The van der Waals surface area contributed by atoms with Gasteiger partial charge in [0.05, 0.1) is 12.9 Å². The van der Waals surface area contributed by atoms with Crippen LogP contribution in [0.1, 0.15) is 12.5 Å². The first kappa shape index (κ1) is 23.0. The average Bonchev–Trinajstić information content (AvgIpc) is 3.23. The molecule has 1 aliphatic rings. The number of rotatable bonds is 7. The van der Waals surface area contributed by atoms with E-state index < -0.39 is 6.09 Å². The summed E-state index contributed by atoms with van der Waals surface area (Å²) in [5.41, 5.74) is 1.54. The number of nitrogens with one attached hydrogen (secondary N) is 2. The lowest BCUT2D eigenvalue weighted by molar-refractivity contribution is -0.144. The maximum absolute atomic E-state index is 12.8. The lowest BCUT2D eigenvalue weighted by atomic mass is 10.2. The number of carbonyl (C=O) groups excluding carboxylic acids is 3. The van der Waals surface area contributed by atoms with Gasteiger partial charge in [0.25, 0.3) is 0 Å². The number of carbonyl (C=O) groups is 3. The Labute approximate surface area is 195 Å². The minimum atomic E-state index is -0.687. The normalized spacial score (nSPS) is 13.8. The number of fused-ring (bicyclic) bond motifs is 1. The van der Waals surface area contributed by atoms with Crippen molar-refractivity contribution < 1.29 is 19.1 Å². The Morgan fingerprint density at radius 3 is 2.68 bits per heavy atom. The molecule has 3 heterocycles. The Bertz CT molecular complexity index is 1200. The van der Waals surface area contributed by atoms with E-state index >= 15 is 0 Å². The molecule has 3 amide bonds. The fraction of sp³-hybridized carbons (Fsp3) is 0.364. The number of nitrogens with zero attached hydrogens (tertiary/aromatic N) is 6. The van der Waals surface area contributed by atoms with Gasteiger partial charge in [-0.2, -0.15) is 9.97 Å². The molecule has 2 aromatic heterocycles. The van der Waals surface area contributed by atoms with Crippen molar-refractivity contribution >= 4 is 40.8 Å². The molecule has 4 rings (SSSR count). The number of piperazine rings is 1. The number of hydrogen-bond donors (Lipinski definition) is 2. The molecule has 0 saturated carbocycles. The number of hydrogen-bond acceptors (Lipinski definition) is 8. The monoisotopic (exact) mass is 466 g/mol. The molecule has 12 heteroatoms. The number of likely N-dealkylation sites (N-methyl/N-ethyl adjacent to an activating group) is 1. The summed E-state index contributed by atoms with van der Waals surface area (Å²) in [7, 11) is 1.71. The largest absolute Gasteiger partial charge is 0.444 e. The van der Waals surface area contributed by atoms with Crippen molar-refractivity contribution in [3.8, 4) is 0 Å². The van der Waals surface area contributed by atoms with Gasteiger partial charge in [-0.05, 0) is 12.5 Å². The molecule has 2 N–H and O–H groups in total. The molecule has 0 bridgehead atoms. The second-order valence-corrected chi connectivity index (χ2v) is 7.79. The van der Waals surface area contributed by atoms with Gasteiger partial charge in [0.2, 0.25) is 17.8 Å². The van der Waals surface area contributed by atoms with E-state index in [1.807, 2.05) is 37.3 Å². The highest BCUT2D eigenvalue weighted by molar-refractivity contribution is 5.94. The summed E-state index contributed by atoms with van der Waals surface area (Å²) in [6.45, 7) is 3.49. The zero-order valence-electron chi connectivity index (χ0n) is 19.0. The highest BCUT2D eigenvalue weighted by atomic mass is 16.5. The van der Waals surface area contributed by atoms with E-state index in [-0.39, 0.29) is 43.3 Å². The van der Waals surface area contributed by atoms with Crippen LogP contribution in [0.25, 0.3) is 11.2 Å². The van der Waals surface area contributed by atoms with Gasteiger partial charge in [-0.15, -0.1) is 0 Å². The third kappa shape index (κ3) is 5.22. The van der Waals surface area contributed by atoms with Crippen LogP contribution in [0.15, 0.2) is 36.7 Å². The first-order valence-electron chi connectivity index (χ1n) is 10.9. The minimum absolute atomic E-state index is 0.0413. The highest BCUT2D eigenvalue weighted by Crippen LogP contribution is 2.21. The van der Waals surface area contributed by atoms with Gasteiger partial charge in [0.1, 0.15) is 13.2 Å². The van der Waals surface area contributed by atoms with Gasteiger partial charge < -0.3 is 24.4 Å². The molecule has 0 radical (unpaired) electrons. The molecule has 0 aliphatic carbocycles. The summed E-state index contributed by atoms with van der Waals surface area (Å²) >= 11 is 0. The number of ether oxygens (including phenoxy) is 1. The van der Waals surface area contributed by atoms with Crippen LogP contribution in [-0.4, -0.2) is 80.5 Å². The zero-order chi connectivity index (χ0) is 24.1. The Hall–Kier alpha value is -4.22. The van der Waals surface area contributed by atoms with Gasteiger partial charge in [0.15, 0.2) is 17.0 Å². The lowest BCUT2D eigenvalue weighted by Gasteiger charge is -2.32. The second kappa shape index (κ2) is 10.1. The van der Waals surface area contributed by atoms with E-state index in [4.69, 9.17) is 4.74 Å². The average molecular weight is 467 g/mol. The van der Waals surface area contributed by atoms with Crippen LogP contribution >= 0.6 is 0 Å². The van der Waals surface area contributed by atoms with Crippen molar-refractivity contribution in [2.24, 2.45) is 0 Å². The van der Waals surface area contributed by atoms with E-state index in [1.165, 1.54) is 11.2 Å². The van der Waals surface area contributed by atoms with Crippen molar-refractivity contribution in [1.82, 2.24) is 29.3 Å². The molecule has 1 fully saturated rings. The predicted octanol–water partition coefficient (Wildman–Crippen LogP) is 1.31. The summed E-state index contributed by atoms with van der Waals surface area (Å²) in [5.74, 6) is 0.116. The summed E-state index contributed by atoms with van der Waals surface area (Å²) in [5, 5.41) is 5.64. The van der Waals surface area contributed by atoms with Crippen molar-refractivity contribution in [2.75, 3.05) is 43.9 Å². The topological polar surface area (TPSA) is 135 Å². The lowest BCUT2D eigenvalue weighted by Crippen LogP contribution is -2.51. The molecule has 1 aliphatic heterocycles. The van der Waals surface area contributed by atoms with E-state index in [9.17, 15) is 14.4 Å². The highest BCUT2D eigenvalue weighted by Gasteiger charge is 2.26. The fourth-order valence-corrected chi connectivity index (χ4v) is 3.46. The van der Waals surface area contributed by atoms with E-state index in [0.717, 1.165) is 5.56 Å². The molecule has 34 heavy (non-hydrogen) atoms. The van der Waals surface area contributed by atoms with Crippen LogP contribution in [-0.2, 0) is 27.5 Å². The predicted molar refractivity (Wildman–Crippen MR) is 124 cm³/mol. The Morgan fingerprint density at radius 2 is 1.94 bits per heavy atom. The summed E-state index contributed by atoms with van der Waals surface area (Å²) < 4.78 is 6.86. The number of benzene rings is 1. The van der Waals surface area contributed by atoms with Crippen LogP contribution in [0.5, 0.6) is 0 Å². The summed E-state index contributed by atoms with van der Waals surface area (Å²) in [6, 6.07) is 9.31. The SMILES string of the molecule is CCNc1nc(NC(=O)OCc2ccccc2)c2ncn(CC(=O)N3CCN(C)C(=O)C3)c2n1. The summed E-state index contributed by atoms with van der Waals surface area (Å²) in [6.07, 6.45) is 0.776. The fourth-order valence-electron chi connectivity index (χ4n) is 3.46. The van der Waals surface area contributed by atoms with E-state index in [0.29, 0.717) is 30.8 Å². The van der Waals surface area contributed by atoms with Crippen LogP contribution in [0.3, 0.4) is 0 Å². The molecule has 3 aromatic rings. The minimum Gasteiger partial charge on any atom is -0.444 e. The van der Waals surface area contributed by atoms with Crippen LogP contribution in [0, 0.1) is 0 Å².